The summed E-state index contributed by atoms with van der Waals surface area (Å²) in [4.78, 5) is 14.5. The largest absolute Gasteiger partial charge is 0.333 e. The monoisotopic (exact) mass is 339 g/mol. The van der Waals surface area contributed by atoms with Gasteiger partial charge >= 0.3 is 0 Å². The van der Waals surface area contributed by atoms with Gasteiger partial charge in [0.25, 0.3) is 5.91 Å². The van der Waals surface area contributed by atoms with E-state index in [-0.39, 0.29) is 16.8 Å². The van der Waals surface area contributed by atoms with Gasteiger partial charge in [-0.2, -0.15) is 0 Å². The van der Waals surface area contributed by atoms with Crippen LogP contribution in [0.1, 0.15) is 38.1 Å². The zero-order valence-electron chi connectivity index (χ0n) is 14.1. The van der Waals surface area contributed by atoms with Crippen molar-refractivity contribution in [3.8, 4) is 0 Å². The molecule has 6 nitrogen and oxygen atoms in total. The molecule has 7 heteroatoms. The fourth-order valence-electron chi connectivity index (χ4n) is 2.55. The first kappa shape index (κ1) is 17.9. The molecule has 0 bridgehead atoms. The first-order valence-electron chi connectivity index (χ1n) is 7.76. The van der Waals surface area contributed by atoms with E-state index in [4.69, 9.17) is 0 Å². The third-order valence-corrected chi connectivity index (χ3v) is 5.39. The number of sulfonamides is 1. The Hall–Kier alpha value is -1.44. The number of rotatable bonds is 3. The number of piperazine rings is 1. The van der Waals surface area contributed by atoms with E-state index in [9.17, 15) is 13.2 Å². The van der Waals surface area contributed by atoms with Gasteiger partial charge in [-0.3, -0.25) is 4.79 Å². The number of nitrogens with zero attached hydrogens (tertiary/aromatic N) is 1. The van der Waals surface area contributed by atoms with E-state index in [1.807, 2.05) is 11.8 Å². The molecule has 1 heterocycles. The van der Waals surface area contributed by atoms with Crippen LogP contribution >= 0.6 is 0 Å². The minimum absolute atomic E-state index is 0.0632. The van der Waals surface area contributed by atoms with E-state index in [1.165, 1.54) is 12.1 Å². The van der Waals surface area contributed by atoms with Gasteiger partial charge in [-0.25, -0.2) is 13.1 Å². The van der Waals surface area contributed by atoms with Gasteiger partial charge < -0.3 is 10.2 Å². The SMILES string of the molecule is C[C@H]1CNCCN1C(=O)c1ccc(S(=O)(=O)NC(C)(C)C)cc1. The van der Waals surface area contributed by atoms with Crippen molar-refractivity contribution >= 4 is 15.9 Å². The Bertz CT molecular complexity index is 663. The predicted molar refractivity (Wildman–Crippen MR) is 89.9 cm³/mol. The van der Waals surface area contributed by atoms with E-state index in [0.717, 1.165) is 13.1 Å². The smallest absolute Gasteiger partial charge is 0.254 e. The molecule has 1 aromatic rings. The molecule has 128 valence electrons. The summed E-state index contributed by atoms with van der Waals surface area (Å²) >= 11 is 0. The van der Waals surface area contributed by atoms with E-state index < -0.39 is 15.6 Å². The number of hydrogen-bond acceptors (Lipinski definition) is 4. The van der Waals surface area contributed by atoms with Crippen LogP contribution in [0.25, 0.3) is 0 Å². The number of amides is 1. The summed E-state index contributed by atoms with van der Waals surface area (Å²) in [5, 5.41) is 3.24. The van der Waals surface area contributed by atoms with Crippen LogP contribution in [0.2, 0.25) is 0 Å². The van der Waals surface area contributed by atoms with Gasteiger partial charge in [0.1, 0.15) is 0 Å². The van der Waals surface area contributed by atoms with Crippen molar-refractivity contribution in [3.63, 3.8) is 0 Å². The molecule has 2 N–H and O–H groups in total. The van der Waals surface area contributed by atoms with E-state index in [2.05, 4.69) is 10.0 Å². The van der Waals surface area contributed by atoms with Crippen LogP contribution in [-0.4, -0.2) is 50.4 Å². The molecule has 23 heavy (non-hydrogen) atoms. The highest BCUT2D eigenvalue weighted by Gasteiger charge is 2.25. The highest BCUT2D eigenvalue weighted by atomic mass is 32.2. The first-order chi connectivity index (χ1) is 10.6. The Balaban J connectivity index is 2.17. The molecule has 0 unspecified atom stereocenters. The summed E-state index contributed by atoms with van der Waals surface area (Å²) in [6.07, 6.45) is 0. The molecule has 1 amide bonds. The van der Waals surface area contributed by atoms with Crippen LogP contribution in [0.3, 0.4) is 0 Å². The maximum Gasteiger partial charge on any atom is 0.254 e. The van der Waals surface area contributed by atoms with Crippen LogP contribution in [0, 0.1) is 0 Å². The summed E-state index contributed by atoms with van der Waals surface area (Å²) in [6, 6.07) is 6.24. The van der Waals surface area contributed by atoms with Gasteiger partial charge in [-0.1, -0.05) is 0 Å². The number of benzene rings is 1. The molecule has 0 spiro atoms. The van der Waals surface area contributed by atoms with Gasteiger partial charge in [0, 0.05) is 36.8 Å². The average Bonchev–Trinajstić information content (AvgIpc) is 2.45. The molecule has 2 rings (SSSR count). The van der Waals surface area contributed by atoms with Crippen molar-refractivity contribution in [2.75, 3.05) is 19.6 Å². The maximum absolute atomic E-state index is 12.5. The second-order valence-corrected chi connectivity index (χ2v) is 8.61. The Morgan fingerprint density at radius 3 is 2.39 bits per heavy atom. The van der Waals surface area contributed by atoms with Gasteiger partial charge in [0.15, 0.2) is 0 Å². The molecule has 1 atom stereocenters. The third kappa shape index (κ3) is 4.53. The minimum atomic E-state index is -3.58. The van der Waals surface area contributed by atoms with Crippen LogP contribution in [0.5, 0.6) is 0 Å². The van der Waals surface area contributed by atoms with Gasteiger partial charge in [-0.15, -0.1) is 0 Å². The van der Waals surface area contributed by atoms with E-state index >= 15 is 0 Å². The van der Waals surface area contributed by atoms with Gasteiger partial charge in [0.05, 0.1) is 4.90 Å². The van der Waals surface area contributed by atoms with Crippen molar-refractivity contribution < 1.29 is 13.2 Å². The fraction of sp³-hybridized carbons (Fsp3) is 0.562. The number of carbonyl (C=O) groups excluding carboxylic acids is 1. The standard InChI is InChI=1S/C16H25N3O3S/c1-12-11-17-9-10-19(12)15(20)13-5-7-14(8-6-13)23(21,22)18-16(2,3)4/h5-8,12,17-18H,9-11H2,1-4H3/t12-/m0/s1. The average molecular weight is 339 g/mol. The molecule has 1 aliphatic rings. The summed E-state index contributed by atoms with van der Waals surface area (Å²) in [7, 11) is -3.58. The lowest BCUT2D eigenvalue weighted by Gasteiger charge is -2.34. The normalized spacial score (nSPS) is 19.7. The Kier molecular flexibility index (Phi) is 5.13. The van der Waals surface area contributed by atoms with Crippen molar-refractivity contribution in [2.24, 2.45) is 0 Å². The number of nitrogens with one attached hydrogen (secondary N) is 2. The molecule has 1 fully saturated rings. The second kappa shape index (κ2) is 6.59. The highest BCUT2D eigenvalue weighted by Crippen LogP contribution is 2.16. The third-order valence-electron chi connectivity index (χ3n) is 3.61. The predicted octanol–water partition coefficient (Wildman–Crippen LogP) is 1.20. The Morgan fingerprint density at radius 2 is 1.87 bits per heavy atom. The van der Waals surface area contributed by atoms with Crippen LogP contribution in [0.15, 0.2) is 29.2 Å². The molecule has 0 aromatic heterocycles. The van der Waals surface area contributed by atoms with Crippen molar-refractivity contribution in [2.45, 2.75) is 44.2 Å². The lowest BCUT2D eigenvalue weighted by molar-refractivity contribution is 0.0655. The zero-order chi connectivity index (χ0) is 17.3. The fourth-order valence-corrected chi connectivity index (χ4v) is 3.97. The molecule has 1 aliphatic heterocycles. The summed E-state index contributed by atoms with van der Waals surface area (Å²) in [5.74, 6) is -0.0632. The zero-order valence-corrected chi connectivity index (χ0v) is 14.9. The summed E-state index contributed by atoms with van der Waals surface area (Å²) < 4.78 is 27.1. The summed E-state index contributed by atoms with van der Waals surface area (Å²) in [6.45, 7) is 9.56. The quantitative estimate of drug-likeness (QED) is 0.867. The molecule has 1 saturated heterocycles. The molecular weight excluding hydrogens is 314 g/mol. The van der Waals surface area contributed by atoms with Crippen LogP contribution in [-0.2, 0) is 10.0 Å². The topological polar surface area (TPSA) is 78.5 Å². The molecule has 0 radical (unpaired) electrons. The number of carbonyl (C=O) groups is 1. The second-order valence-electron chi connectivity index (χ2n) is 6.93. The first-order valence-corrected chi connectivity index (χ1v) is 9.24. The highest BCUT2D eigenvalue weighted by molar-refractivity contribution is 7.89. The lowest BCUT2D eigenvalue weighted by atomic mass is 10.1. The van der Waals surface area contributed by atoms with Gasteiger partial charge in [-0.05, 0) is 52.0 Å². The van der Waals surface area contributed by atoms with Crippen molar-refractivity contribution in [1.82, 2.24) is 14.9 Å². The molecule has 0 saturated carbocycles. The molecular formula is C16H25N3O3S. The lowest BCUT2D eigenvalue weighted by Crippen LogP contribution is -2.52. The molecule has 1 aromatic carbocycles. The van der Waals surface area contributed by atoms with E-state index in [1.54, 1.807) is 32.9 Å². The van der Waals surface area contributed by atoms with Crippen molar-refractivity contribution in [3.05, 3.63) is 29.8 Å². The van der Waals surface area contributed by atoms with Crippen LogP contribution in [0.4, 0.5) is 0 Å². The molecule has 0 aliphatic carbocycles. The maximum atomic E-state index is 12.5. The Morgan fingerprint density at radius 1 is 1.26 bits per heavy atom. The van der Waals surface area contributed by atoms with Crippen molar-refractivity contribution in [1.29, 1.82) is 0 Å². The number of hydrogen-bond donors (Lipinski definition) is 2. The van der Waals surface area contributed by atoms with E-state index in [0.29, 0.717) is 12.1 Å². The summed E-state index contributed by atoms with van der Waals surface area (Å²) in [5.41, 5.74) is -0.0442. The van der Waals surface area contributed by atoms with Gasteiger partial charge in [0.2, 0.25) is 10.0 Å². The Labute approximate surface area is 138 Å². The van der Waals surface area contributed by atoms with Crippen LogP contribution < -0.4 is 10.0 Å². The minimum Gasteiger partial charge on any atom is -0.333 e.